The highest BCUT2D eigenvalue weighted by atomic mass is 32.2. The normalized spacial score (nSPS) is 10.6. The fourth-order valence-corrected chi connectivity index (χ4v) is 1.29. The molecular formula is C7H7N3S. The Morgan fingerprint density at radius 1 is 1.45 bits per heavy atom. The van der Waals surface area contributed by atoms with Crippen molar-refractivity contribution in [1.82, 2.24) is 14.6 Å². The summed E-state index contributed by atoms with van der Waals surface area (Å²) in [6, 6.07) is 3.84. The minimum Gasteiger partial charge on any atom is -0.223 e. The van der Waals surface area contributed by atoms with Crippen molar-refractivity contribution in [1.29, 1.82) is 0 Å². The second-order valence-corrected chi connectivity index (χ2v) is 2.93. The summed E-state index contributed by atoms with van der Waals surface area (Å²) in [5.74, 6) is 0. The Morgan fingerprint density at radius 3 is 3.18 bits per heavy atom. The zero-order chi connectivity index (χ0) is 7.68. The zero-order valence-corrected chi connectivity index (χ0v) is 6.88. The van der Waals surface area contributed by atoms with Crippen molar-refractivity contribution in [3.05, 3.63) is 24.5 Å². The van der Waals surface area contributed by atoms with Crippen LogP contribution in [-0.2, 0) is 0 Å². The molecule has 0 aromatic carbocycles. The number of fused-ring (bicyclic) bond motifs is 1. The highest BCUT2D eigenvalue weighted by Gasteiger charge is 1.95. The van der Waals surface area contributed by atoms with Gasteiger partial charge in [0, 0.05) is 12.3 Å². The molecule has 0 spiro atoms. The second-order valence-electron chi connectivity index (χ2n) is 2.10. The van der Waals surface area contributed by atoms with Crippen molar-refractivity contribution in [2.45, 2.75) is 5.03 Å². The topological polar surface area (TPSA) is 30.2 Å². The van der Waals surface area contributed by atoms with Crippen LogP contribution in [0.25, 0.3) is 5.65 Å². The standard InChI is InChI=1S/C7H7N3S/c1-11-7-3-5-10-6(9-7)2-4-8-10/h2-5H,1H3. The molecule has 0 atom stereocenters. The molecule has 0 saturated heterocycles. The average molecular weight is 165 g/mol. The van der Waals surface area contributed by atoms with Gasteiger partial charge in [-0.1, -0.05) is 0 Å². The van der Waals surface area contributed by atoms with Gasteiger partial charge in [-0.15, -0.1) is 11.8 Å². The predicted molar refractivity (Wildman–Crippen MR) is 44.8 cm³/mol. The van der Waals surface area contributed by atoms with E-state index in [1.54, 1.807) is 22.5 Å². The molecule has 0 aliphatic heterocycles. The lowest BCUT2D eigenvalue weighted by Gasteiger charge is -1.94. The van der Waals surface area contributed by atoms with Crippen LogP contribution in [0.2, 0.25) is 0 Å². The quantitative estimate of drug-likeness (QED) is 0.473. The van der Waals surface area contributed by atoms with Gasteiger partial charge in [0.05, 0.1) is 11.2 Å². The SMILES string of the molecule is CSc1ccn2nccc2n1. The van der Waals surface area contributed by atoms with Crippen LogP contribution in [0.1, 0.15) is 0 Å². The van der Waals surface area contributed by atoms with Crippen LogP contribution in [0, 0.1) is 0 Å². The van der Waals surface area contributed by atoms with Crippen LogP contribution in [0.5, 0.6) is 0 Å². The Hall–Kier alpha value is -1.03. The van der Waals surface area contributed by atoms with E-state index in [-0.39, 0.29) is 0 Å². The first-order valence-electron chi connectivity index (χ1n) is 3.24. The molecule has 4 heteroatoms. The van der Waals surface area contributed by atoms with Gasteiger partial charge in [-0.05, 0) is 12.3 Å². The summed E-state index contributed by atoms with van der Waals surface area (Å²) in [4.78, 5) is 4.32. The highest BCUT2D eigenvalue weighted by molar-refractivity contribution is 7.98. The summed E-state index contributed by atoms with van der Waals surface area (Å²) < 4.78 is 1.75. The maximum Gasteiger partial charge on any atom is 0.156 e. The molecule has 0 bridgehead atoms. The molecule has 0 unspecified atom stereocenters. The van der Waals surface area contributed by atoms with Gasteiger partial charge >= 0.3 is 0 Å². The van der Waals surface area contributed by atoms with E-state index in [9.17, 15) is 0 Å². The van der Waals surface area contributed by atoms with E-state index in [1.807, 2.05) is 24.6 Å². The molecule has 56 valence electrons. The largest absolute Gasteiger partial charge is 0.223 e. The lowest BCUT2D eigenvalue weighted by Crippen LogP contribution is -1.89. The van der Waals surface area contributed by atoms with E-state index in [0.717, 1.165) is 10.7 Å². The molecule has 2 heterocycles. The molecular weight excluding hydrogens is 158 g/mol. The second kappa shape index (κ2) is 2.54. The number of hydrogen-bond acceptors (Lipinski definition) is 3. The molecule has 0 aliphatic carbocycles. The first-order chi connectivity index (χ1) is 5.40. The van der Waals surface area contributed by atoms with Crippen LogP contribution in [-0.4, -0.2) is 20.9 Å². The highest BCUT2D eigenvalue weighted by Crippen LogP contribution is 2.11. The zero-order valence-electron chi connectivity index (χ0n) is 6.06. The van der Waals surface area contributed by atoms with Gasteiger partial charge in [0.25, 0.3) is 0 Å². The average Bonchev–Trinajstić information content (AvgIpc) is 2.50. The molecule has 3 nitrogen and oxygen atoms in total. The van der Waals surface area contributed by atoms with E-state index in [2.05, 4.69) is 10.1 Å². The number of thioether (sulfide) groups is 1. The van der Waals surface area contributed by atoms with Crippen molar-refractivity contribution in [2.75, 3.05) is 6.26 Å². The molecule has 2 aromatic rings. The van der Waals surface area contributed by atoms with Crippen LogP contribution in [0.4, 0.5) is 0 Å². The Morgan fingerprint density at radius 2 is 2.36 bits per heavy atom. The minimum atomic E-state index is 0.900. The van der Waals surface area contributed by atoms with E-state index < -0.39 is 0 Å². The van der Waals surface area contributed by atoms with Gasteiger partial charge in [-0.3, -0.25) is 0 Å². The predicted octanol–water partition coefficient (Wildman–Crippen LogP) is 1.45. The Kier molecular flexibility index (Phi) is 1.54. The lowest BCUT2D eigenvalue weighted by atomic mass is 10.6. The van der Waals surface area contributed by atoms with E-state index in [4.69, 9.17) is 0 Å². The number of hydrogen-bond donors (Lipinski definition) is 0. The van der Waals surface area contributed by atoms with Crippen molar-refractivity contribution in [3.63, 3.8) is 0 Å². The molecule has 2 aromatic heterocycles. The number of nitrogens with zero attached hydrogens (tertiary/aromatic N) is 3. The van der Waals surface area contributed by atoms with E-state index in [1.165, 1.54) is 0 Å². The monoisotopic (exact) mass is 165 g/mol. The third kappa shape index (κ3) is 1.09. The van der Waals surface area contributed by atoms with E-state index in [0.29, 0.717) is 0 Å². The fourth-order valence-electron chi connectivity index (χ4n) is 0.909. The van der Waals surface area contributed by atoms with Gasteiger partial charge < -0.3 is 0 Å². The van der Waals surface area contributed by atoms with Gasteiger partial charge in [-0.2, -0.15) is 5.10 Å². The first-order valence-corrected chi connectivity index (χ1v) is 4.47. The number of aromatic nitrogens is 3. The third-order valence-corrected chi connectivity index (χ3v) is 2.09. The molecule has 11 heavy (non-hydrogen) atoms. The molecule has 0 N–H and O–H groups in total. The molecule has 0 saturated carbocycles. The molecule has 0 radical (unpaired) electrons. The third-order valence-electron chi connectivity index (χ3n) is 1.44. The van der Waals surface area contributed by atoms with Gasteiger partial charge in [0.1, 0.15) is 0 Å². The fraction of sp³-hybridized carbons (Fsp3) is 0.143. The maximum absolute atomic E-state index is 4.32. The Labute approximate surface area is 68.4 Å². The maximum atomic E-state index is 4.32. The Bertz CT molecular complexity index is 368. The molecule has 2 rings (SSSR count). The Balaban J connectivity index is 2.67. The number of rotatable bonds is 1. The minimum absolute atomic E-state index is 0.900. The summed E-state index contributed by atoms with van der Waals surface area (Å²) >= 11 is 1.63. The molecule has 0 fully saturated rings. The van der Waals surface area contributed by atoms with Gasteiger partial charge in [0.2, 0.25) is 0 Å². The van der Waals surface area contributed by atoms with Gasteiger partial charge in [-0.25, -0.2) is 9.50 Å². The van der Waals surface area contributed by atoms with Crippen molar-refractivity contribution in [3.8, 4) is 0 Å². The lowest BCUT2D eigenvalue weighted by molar-refractivity contribution is 0.915. The summed E-state index contributed by atoms with van der Waals surface area (Å²) in [6.45, 7) is 0. The van der Waals surface area contributed by atoms with Crippen LogP contribution in [0.3, 0.4) is 0 Å². The van der Waals surface area contributed by atoms with Crippen LogP contribution < -0.4 is 0 Å². The summed E-state index contributed by atoms with van der Waals surface area (Å²) in [5, 5.41) is 5.06. The van der Waals surface area contributed by atoms with Crippen LogP contribution in [0.15, 0.2) is 29.6 Å². The van der Waals surface area contributed by atoms with Crippen LogP contribution >= 0.6 is 11.8 Å². The van der Waals surface area contributed by atoms with Crippen molar-refractivity contribution >= 4 is 17.4 Å². The molecule has 0 aliphatic rings. The first kappa shape index (κ1) is 6.67. The molecule has 0 amide bonds. The smallest absolute Gasteiger partial charge is 0.156 e. The van der Waals surface area contributed by atoms with Gasteiger partial charge in [0.15, 0.2) is 5.65 Å². The van der Waals surface area contributed by atoms with Crippen molar-refractivity contribution in [2.24, 2.45) is 0 Å². The van der Waals surface area contributed by atoms with Crippen molar-refractivity contribution < 1.29 is 0 Å². The summed E-state index contributed by atoms with van der Waals surface area (Å²) in [6.07, 6.45) is 5.66. The summed E-state index contributed by atoms with van der Waals surface area (Å²) in [5.41, 5.74) is 0.900. The van der Waals surface area contributed by atoms with E-state index >= 15 is 0 Å². The summed E-state index contributed by atoms with van der Waals surface area (Å²) in [7, 11) is 0.